The molecule has 1 aliphatic rings. The van der Waals surface area contributed by atoms with Gasteiger partial charge in [0.15, 0.2) is 0 Å². The number of nitrogens with one attached hydrogen (secondary N) is 1. The van der Waals surface area contributed by atoms with E-state index in [0.29, 0.717) is 44.0 Å². The third-order valence-electron chi connectivity index (χ3n) is 5.41. The molecular formula is C19H32ClN3O4S. The number of carbonyl (C=O) groups is 1. The van der Waals surface area contributed by atoms with Crippen LogP contribution in [0.5, 0.6) is 5.75 Å². The van der Waals surface area contributed by atoms with Gasteiger partial charge in [-0.05, 0) is 50.8 Å². The summed E-state index contributed by atoms with van der Waals surface area (Å²) in [6, 6.07) is 4.76. The molecule has 1 heterocycles. The average Bonchev–Trinajstić information content (AvgIpc) is 3.20. The summed E-state index contributed by atoms with van der Waals surface area (Å²) in [5, 5.41) is 2.85. The maximum atomic E-state index is 13.0. The maximum Gasteiger partial charge on any atom is 0.246 e. The van der Waals surface area contributed by atoms with Crippen LogP contribution in [0.15, 0.2) is 23.1 Å². The number of hydrogen-bond acceptors (Lipinski definition) is 5. The molecule has 0 unspecified atom stereocenters. The van der Waals surface area contributed by atoms with E-state index in [1.807, 2.05) is 13.8 Å². The molecular weight excluding hydrogens is 402 g/mol. The molecule has 160 valence electrons. The lowest BCUT2D eigenvalue weighted by molar-refractivity contribution is -0.125. The van der Waals surface area contributed by atoms with Gasteiger partial charge >= 0.3 is 0 Å². The number of halogens is 1. The van der Waals surface area contributed by atoms with Crippen molar-refractivity contribution in [3.8, 4) is 5.75 Å². The highest BCUT2D eigenvalue weighted by atomic mass is 35.5. The summed E-state index contributed by atoms with van der Waals surface area (Å²) in [4.78, 5) is 12.9. The van der Waals surface area contributed by atoms with Gasteiger partial charge in [0.1, 0.15) is 10.6 Å². The van der Waals surface area contributed by atoms with Crippen molar-refractivity contribution in [2.24, 2.45) is 11.1 Å². The minimum absolute atomic E-state index is 0. The first-order chi connectivity index (χ1) is 12.8. The molecule has 0 saturated carbocycles. The molecule has 1 amide bonds. The average molecular weight is 434 g/mol. The van der Waals surface area contributed by atoms with Crippen molar-refractivity contribution in [1.29, 1.82) is 0 Å². The van der Waals surface area contributed by atoms with Gasteiger partial charge in [-0.25, -0.2) is 8.42 Å². The molecule has 7 nitrogen and oxygen atoms in total. The van der Waals surface area contributed by atoms with Gasteiger partial charge in [0, 0.05) is 25.3 Å². The molecule has 1 aliphatic heterocycles. The van der Waals surface area contributed by atoms with Gasteiger partial charge < -0.3 is 15.8 Å². The predicted molar refractivity (Wildman–Crippen MR) is 114 cm³/mol. The van der Waals surface area contributed by atoms with Crippen molar-refractivity contribution in [1.82, 2.24) is 4.31 Å². The molecule has 1 fully saturated rings. The molecule has 0 radical (unpaired) electrons. The van der Waals surface area contributed by atoms with Crippen LogP contribution in [0.25, 0.3) is 0 Å². The number of carbonyl (C=O) groups excluding carboxylic acids is 1. The number of nitrogens with zero attached hydrogens (tertiary/aromatic N) is 1. The van der Waals surface area contributed by atoms with Crippen LogP contribution in [-0.2, 0) is 14.8 Å². The number of anilines is 1. The number of ether oxygens (including phenoxy) is 1. The van der Waals surface area contributed by atoms with Gasteiger partial charge in [0.25, 0.3) is 0 Å². The first kappa shape index (κ1) is 24.7. The Hall–Kier alpha value is -1.35. The Bertz CT molecular complexity index is 752. The second-order valence-electron chi connectivity index (χ2n) is 6.85. The zero-order chi connectivity index (χ0) is 20.1. The molecule has 0 aromatic heterocycles. The number of benzene rings is 1. The smallest absolute Gasteiger partial charge is 0.246 e. The lowest BCUT2D eigenvalue weighted by Gasteiger charge is -2.28. The number of sulfonamides is 1. The maximum absolute atomic E-state index is 13.0. The van der Waals surface area contributed by atoms with E-state index in [0.717, 1.165) is 12.8 Å². The predicted octanol–water partition coefficient (Wildman–Crippen LogP) is 3.00. The second-order valence-corrected chi connectivity index (χ2v) is 8.76. The van der Waals surface area contributed by atoms with Gasteiger partial charge in [0.2, 0.25) is 15.9 Å². The van der Waals surface area contributed by atoms with Crippen LogP contribution in [0.3, 0.4) is 0 Å². The molecule has 0 bridgehead atoms. The van der Waals surface area contributed by atoms with Crippen LogP contribution in [0.2, 0.25) is 0 Å². The van der Waals surface area contributed by atoms with E-state index in [4.69, 9.17) is 10.5 Å². The quantitative estimate of drug-likeness (QED) is 0.623. The summed E-state index contributed by atoms with van der Waals surface area (Å²) >= 11 is 0. The van der Waals surface area contributed by atoms with E-state index in [1.165, 1.54) is 10.4 Å². The van der Waals surface area contributed by atoms with Gasteiger partial charge in [-0.15, -0.1) is 12.4 Å². The van der Waals surface area contributed by atoms with Crippen LogP contribution in [0.1, 0.15) is 46.5 Å². The lowest BCUT2D eigenvalue weighted by atomic mass is 9.81. The van der Waals surface area contributed by atoms with Crippen molar-refractivity contribution >= 4 is 34.0 Å². The fourth-order valence-electron chi connectivity index (χ4n) is 3.35. The van der Waals surface area contributed by atoms with Crippen molar-refractivity contribution in [3.05, 3.63) is 18.2 Å². The van der Waals surface area contributed by atoms with Crippen LogP contribution < -0.4 is 15.8 Å². The zero-order valence-corrected chi connectivity index (χ0v) is 18.5. The standard InChI is InChI=1S/C19H31N3O4S.ClH/c1-4-19(5-2,14-20)18(23)21-15-9-10-16(26-6-3)17(13-15)27(24,25)22-11-7-8-12-22;/h9-10,13H,4-8,11-12,14,20H2,1-3H3,(H,21,23);1H. The van der Waals surface area contributed by atoms with E-state index in [-0.39, 0.29) is 29.8 Å². The Labute approximate surface area is 174 Å². The Morgan fingerprint density at radius 1 is 1.21 bits per heavy atom. The number of nitrogens with two attached hydrogens (primary N) is 1. The number of hydrogen-bond donors (Lipinski definition) is 2. The third kappa shape index (κ3) is 4.97. The molecule has 1 aromatic carbocycles. The molecule has 9 heteroatoms. The fourth-order valence-corrected chi connectivity index (χ4v) is 5.02. The van der Waals surface area contributed by atoms with Crippen LogP contribution >= 0.6 is 12.4 Å². The number of amides is 1. The first-order valence-corrected chi connectivity index (χ1v) is 11.1. The van der Waals surface area contributed by atoms with Crippen molar-refractivity contribution in [2.45, 2.75) is 51.3 Å². The SMILES string of the molecule is CCOc1ccc(NC(=O)C(CC)(CC)CN)cc1S(=O)(=O)N1CCCC1.Cl. The van der Waals surface area contributed by atoms with Crippen LogP contribution in [-0.4, -0.2) is 44.9 Å². The molecule has 28 heavy (non-hydrogen) atoms. The summed E-state index contributed by atoms with van der Waals surface area (Å²) in [6.45, 7) is 7.27. The van der Waals surface area contributed by atoms with E-state index >= 15 is 0 Å². The van der Waals surface area contributed by atoms with Crippen LogP contribution in [0, 0.1) is 5.41 Å². The molecule has 3 N–H and O–H groups in total. The molecule has 0 spiro atoms. The van der Waals surface area contributed by atoms with E-state index in [1.54, 1.807) is 19.1 Å². The summed E-state index contributed by atoms with van der Waals surface area (Å²) in [7, 11) is -3.67. The third-order valence-corrected chi connectivity index (χ3v) is 7.33. The fraction of sp³-hybridized carbons (Fsp3) is 0.632. The van der Waals surface area contributed by atoms with Crippen molar-refractivity contribution in [3.63, 3.8) is 0 Å². The minimum Gasteiger partial charge on any atom is -0.492 e. The van der Waals surface area contributed by atoms with E-state index < -0.39 is 15.4 Å². The van der Waals surface area contributed by atoms with Crippen molar-refractivity contribution in [2.75, 3.05) is 31.6 Å². The summed E-state index contributed by atoms with van der Waals surface area (Å²) in [5.41, 5.74) is 5.62. The highest BCUT2D eigenvalue weighted by molar-refractivity contribution is 7.89. The Morgan fingerprint density at radius 3 is 2.32 bits per heavy atom. The summed E-state index contributed by atoms with van der Waals surface area (Å²) < 4.78 is 33.1. The largest absolute Gasteiger partial charge is 0.492 e. The highest BCUT2D eigenvalue weighted by Crippen LogP contribution is 2.33. The summed E-state index contributed by atoms with van der Waals surface area (Å²) in [6.07, 6.45) is 2.93. The molecule has 2 rings (SSSR count). The monoisotopic (exact) mass is 433 g/mol. The highest BCUT2D eigenvalue weighted by Gasteiger charge is 2.34. The Balaban J connectivity index is 0.00000392. The lowest BCUT2D eigenvalue weighted by Crippen LogP contribution is -2.41. The zero-order valence-electron chi connectivity index (χ0n) is 16.9. The Morgan fingerprint density at radius 2 is 1.82 bits per heavy atom. The minimum atomic E-state index is -3.67. The van der Waals surface area contributed by atoms with Gasteiger partial charge in [0.05, 0.1) is 12.0 Å². The molecule has 1 aromatic rings. The molecule has 1 saturated heterocycles. The van der Waals surface area contributed by atoms with E-state index in [2.05, 4.69) is 5.32 Å². The van der Waals surface area contributed by atoms with Gasteiger partial charge in [-0.2, -0.15) is 4.31 Å². The Kier molecular flexibility index (Phi) is 9.20. The van der Waals surface area contributed by atoms with E-state index in [9.17, 15) is 13.2 Å². The number of rotatable bonds is 9. The molecule has 0 aliphatic carbocycles. The second kappa shape index (κ2) is 10.4. The van der Waals surface area contributed by atoms with Crippen molar-refractivity contribution < 1.29 is 17.9 Å². The van der Waals surface area contributed by atoms with Crippen LogP contribution in [0.4, 0.5) is 5.69 Å². The normalized spacial score (nSPS) is 15.1. The first-order valence-electron chi connectivity index (χ1n) is 9.63. The van der Waals surface area contributed by atoms with Gasteiger partial charge in [-0.1, -0.05) is 13.8 Å². The summed E-state index contributed by atoms with van der Waals surface area (Å²) in [5.74, 6) is 0.113. The molecule has 0 atom stereocenters. The van der Waals surface area contributed by atoms with Gasteiger partial charge in [-0.3, -0.25) is 4.79 Å². The topological polar surface area (TPSA) is 102 Å².